The van der Waals surface area contributed by atoms with Crippen LogP contribution in [0.4, 0.5) is 11.4 Å². The number of anilines is 2. The molecule has 182 valence electrons. The van der Waals surface area contributed by atoms with Crippen LogP contribution in [-0.4, -0.2) is 32.2 Å². The smallest absolute Gasteiger partial charge is 0.255 e. The molecular formula is C27H32N6O2. The van der Waals surface area contributed by atoms with Crippen LogP contribution in [0.5, 0.6) is 5.75 Å². The zero-order chi connectivity index (χ0) is 24.9. The minimum absolute atomic E-state index is 0.208. The predicted octanol–water partition coefficient (Wildman–Crippen LogP) is 3.50. The van der Waals surface area contributed by atoms with Crippen LogP contribution < -0.4 is 31.7 Å². The molecule has 35 heavy (non-hydrogen) atoms. The van der Waals surface area contributed by atoms with Gasteiger partial charge in [0, 0.05) is 18.7 Å². The second kappa shape index (κ2) is 13.4. The Labute approximate surface area is 206 Å². The third-order valence-electron chi connectivity index (χ3n) is 5.22. The van der Waals surface area contributed by atoms with E-state index in [9.17, 15) is 4.79 Å². The summed E-state index contributed by atoms with van der Waals surface area (Å²) < 4.78 is 5.25. The molecule has 3 rings (SSSR count). The fourth-order valence-electron chi connectivity index (χ4n) is 3.30. The van der Waals surface area contributed by atoms with E-state index in [4.69, 9.17) is 10.5 Å². The highest BCUT2D eigenvalue weighted by molar-refractivity contribution is 6.05. The number of rotatable bonds is 13. The van der Waals surface area contributed by atoms with Gasteiger partial charge in [0.25, 0.3) is 5.91 Å². The van der Waals surface area contributed by atoms with Crippen molar-refractivity contribution in [3.05, 3.63) is 102 Å². The summed E-state index contributed by atoms with van der Waals surface area (Å²) >= 11 is 0. The van der Waals surface area contributed by atoms with Gasteiger partial charge < -0.3 is 26.4 Å². The molecule has 0 aliphatic rings. The average molecular weight is 473 g/mol. The van der Waals surface area contributed by atoms with E-state index in [1.165, 1.54) is 5.56 Å². The number of nitrogens with two attached hydrogens (primary N) is 1. The largest absolute Gasteiger partial charge is 0.497 e. The van der Waals surface area contributed by atoms with Gasteiger partial charge in [0.05, 0.1) is 24.8 Å². The molecular weight excluding hydrogens is 440 g/mol. The average Bonchev–Trinajstić information content (AvgIpc) is 2.88. The molecule has 0 aliphatic heterocycles. The number of hydrogen-bond donors (Lipinski definition) is 5. The van der Waals surface area contributed by atoms with Crippen LogP contribution >= 0.6 is 0 Å². The molecule has 0 aromatic heterocycles. The standard InChI is InChI=1S/C27H32N6O2/c1-3-30-27(32-19-29-16-15-20-7-6-8-23(17-20)35-2)31-18-21-11-13-22(14-12-21)26(34)33-25-10-5-4-9-24(25)28/h3-14,17,19,27,30-31H,1,15-16,18,28H2,2H3,(H,29,32)(H,33,34). The lowest BCUT2D eigenvalue weighted by Crippen LogP contribution is -2.49. The van der Waals surface area contributed by atoms with Crippen LogP contribution in [0.1, 0.15) is 21.5 Å². The number of nitrogens with zero attached hydrogens (tertiary/aromatic N) is 1. The minimum atomic E-state index is -0.253. The lowest BCUT2D eigenvalue weighted by atomic mass is 10.1. The highest BCUT2D eigenvalue weighted by Crippen LogP contribution is 2.18. The lowest BCUT2D eigenvalue weighted by molar-refractivity contribution is 0.102. The Morgan fingerprint density at radius 3 is 2.60 bits per heavy atom. The first-order valence-electron chi connectivity index (χ1n) is 11.3. The summed E-state index contributed by atoms with van der Waals surface area (Å²) in [7, 11) is 1.66. The van der Waals surface area contributed by atoms with Crippen molar-refractivity contribution in [2.75, 3.05) is 24.7 Å². The molecule has 6 N–H and O–H groups in total. The molecule has 0 aliphatic carbocycles. The summed E-state index contributed by atoms with van der Waals surface area (Å²) in [5.74, 6) is 0.638. The van der Waals surface area contributed by atoms with E-state index in [0.717, 1.165) is 17.7 Å². The van der Waals surface area contributed by atoms with E-state index in [-0.39, 0.29) is 12.2 Å². The fraction of sp³-hybridized carbons (Fsp3) is 0.185. The van der Waals surface area contributed by atoms with Gasteiger partial charge in [-0.05, 0) is 60.1 Å². The van der Waals surface area contributed by atoms with E-state index < -0.39 is 0 Å². The molecule has 3 aromatic carbocycles. The molecule has 1 amide bonds. The van der Waals surface area contributed by atoms with Crippen LogP contribution in [0.15, 0.2) is 90.6 Å². The molecule has 0 spiro atoms. The van der Waals surface area contributed by atoms with Crippen molar-refractivity contribution in [3.8, 4) is 5.75 Å². The lowest BCUT2D eigenvalue weighted by Gasteiger charge is -2.19. The van der Waals surface area contributed by atoms with E-state index in [0.29, 0.717) is 30.0 Å². The Kier molecular flexibility index (Phi) is 9.71. The zero-order valence-electron chi connectivity index (χ0n) is 19.8. The fourth-order valence-corrected chi connectivity index (χ4v) is 3.30. The van der Waals surface area contributed by atoms with Crippen molar-refractivity contribution in [1.29, 1.82) is 0 Å². The van der Waals surface area contributed by atoms with Crippen LogP contribution in [0, 0.1) is 0 Å². The zero-order valence-corrected chi connectivity index (χ0v) is 19.8. The Morgan fingerprint density at radius 1 is 1.06 bits per heavy atom. The molecule has 8 nitrogen and oxygen atoms in total. The minimum Gasteiger partial charge on any atom is -0.497 e. The van der Waals surface area contributed by atoms with Crippen molar-refractivity contribution in [1.82, 2.24) is 16.0 Å². The van der Waals surface area contributed by atoms with Gasteiger partial charge in [0.2, 0.25) is 0 Å². The van der Waals surface area contributed by atoms with Gasteiger partial charge in [-0.25, -0.2) is 0 Å². The quantitative estimate of drug-likeness (QED) is 0.113. The molecule has 0 saturated carbocycles. The highest BCUT2D eigenvalue weighted by atomic mass is 16.5. The highest BCUT2D eigenvalue weighted by Gasteiger charge is 2.08. The normalized spacial score (nSPS) is 11.6. The number of hydrogen-bond acceptors (Lipinski definition) is 6. The SMILES string of the molecule is C=CNC(NC=NCCc1cccc(OC)c1)NCc1ccc(C(=O)Nc2ccccc2N)cc1. The maximum Gasteiger partial charge on any atom is 0.255 e. The van der Waals surface area contributed by atoms with Crippen molar-refractivity contribution < 1.29 is 9.53 Å². The maximum absolute atomic E-state index is 12.5. The number of carbonyl (C=O) groups is 1. The van der Waals surface area contributed by atoms with Crippen LogP contribution in [-0.2, 0) is 13.0 Å². The van der Waals surface area contributed by atoms with Crippen molar-refractivity contribution >= 4 is 23.6 Å². The van der Waals surface area contributed by atoms with Gasteiger partial charge in [0.15, 0.2) is 6.29 Å². The van der Waals surface area contributed by atoms with Crippen molar-refractivity contribution in [3.63, 3.8) is 0 Å². The van der Waals surface area contributed by atoms with Gasteiger partial charge in [-0.15, -0.1) is 0 Å². The second-order valence-corrected chi connectivity index (χ2v) is 7.73. The Hall–Kier alpha value is -4.30. The molecule has 1 atom stereocenters. The summed E-state index contributed by atoms with van der Waals surface area (Å²) in [6.07, 6.45) is 3.85. The summed E-state index contributed by atoms with van der Waals surface area (Å²) in [5, 5.41) is 12.4. The second-order valence-electron chi connectivity index (χ2n) is 7.73. The van der Waals surface area contributed by atoms with Gasteiger partial charge in [0.1, 0.15) is 5.75 Å². The number of amides is 1. The molecule has 0 radical (unpaired) electrons. The molecule has 3 aromatic rings. The van der Waals surface area contributed by atoms with Crippen LogP contribution in [0.25, 0.3) is 0 Å². The molecule has 8 heteroatoms. The van der Waals surface area contributed by atoms with Gasteiger partial charge in [-0.2, -0.15) is 0 Å². The van der Waals surface area contributed by atoms with Crippen LogP contribution in [0.3, 0.4) is 0 Å². The van der Waals surface area contributed by atoms with Crippen molar-refractivity contribution in [2.45, 2.75) is 19.3 Å². The topological polar surface area (TPSA) is 113 Å². The molecule has 1 unspecified atom stereocenters. The summed E-state index contributed by atoms with van der Waals surface area (Å²) in [6.45, 7) is 4.95. The summed E-state index contributed by atoms with van der Waals surface area (Å²) in [4.78, 5) is 16.9. The number of nitrogen functional groups attached to an aromatic ring is 1. The third-order valence-corrected chi connectivity index (χ3v) is 5.22. The van der Waals surface area contributed by atoms with Gasteiger partial charge in [-0.1, -0.05) is 43.0 Å². The molecule has 0 fully saturated rings. The van der Waals surface area contributed by atoms with Gasteiger partial charge in [-0.3, -0.25) is 15.1 Å². The van der Waals surface area contributed by atoms with Crippen molar-refractivity contribution in [2.24, 2.45) is 4.99 Å². The number of methoxy groups -OCH3 is 1. The number of carbonyl (C=O) groups excluding carboxylic acids is 1. The van der Waals surface area contributed by atoms with Gasteiger partial charge >= 0.3 is 0 Å². The van der Waals surface area contributed by atoms with E-state index in [1.54, 1.807) is 43.9 Å². The van der Waals surface area contributed by atoms with E-state index in [1.807, 2.05) is 42.5 Å². The summed E-state index contributed by atoms with van der Waals surface area (Å²) in [5.41, 5.74) is 9.77. The first-order chi connectivity index (χ1) is 17.1. The monoisotopic (exact) mass is 472 g/mol. The maximum atomic E-state index is 12.5. The molecule has 0 saturated heterocycles. The number of para-hydroxylation sites is 2. The Morgan fingerprint density at radius 2 is 1.86 bits per heavy atom. The first-order valence-corrected chi connectivity index (χ1v) is 11.3. The first kappa shape index (κ1) is 25.3. The third kappa shape index (κ3) is 8.21. The predicted molar refractivity (Wildman–Crippen MR) is 142 cm³/mol. The number of ether oxygens (including phenoxy) is 1. The van der Waals surface area contributed by atoms with E-state index >= 15 is 0 Å². The number of nitrogens with one attached hydrogen (secondary N) is 4. The van der Waals surface area contributed by atoms with Crippen LogP contribution in [0.2, 0.25) is 0 Å². The number of aliphatic imine (C=N–C) groups is 1. The Balaban J connectivity index is 1.45. The van der Waals surface area contributed by atoms with E-state index in [2.05, 4.69) is 38.9 Å². The number of benzene rings is 3. The molecule has 0 heterocycles. The Bertz CT molecular complexity index is 1130. The molecule has 0 bridgehead atoms. The summed E-state index contributed by atoms with van der Waals surface area (Å²) in [6, 6.07) is 22.5.